The Morgan fingerprint density at radius 3 is 2.96 bits per heavy atom. The lowest BCUT2D eigenvalue weighted by Crippen LogP contribution is -2.31. The molecular formula is C20H16N4OS2. The first-order valence-corrected chi connectivity index (χ1v) is 10.8. The van der Waals surface area contributed by atoms with Gasteiger partial charge in [-0.3, -0.25) is 9.20 Å². The van der Waals surface area contributed by atoms with Gasteiger partial charge in [-0.15, -0.1) is 22.7 Å². The summed E-state index contributed by atoms with van der Waals surface area (Å²) in [6.45, 7) is 2.89. The van der Waals surface area contributed by atoms with Crippen LogP contribution in [0.4, 0.5) is 5.69 Å². The van der Waals surface area contributed by atoms with Crippen molar-refractivity contribution >= 4 is 39.2 Å². The van der Waals surface area contributed by atoms with Gasteiger partial charge in [-0.1, -0.05) is 0 Å². The number of carbonyl (C=O) groups is 1. The van der Waals surface area contributed by atoms with Gasteiger partial charge in [0.05, 0.1) is 23.5 Å². The number of rotatable bonds is 2. The van der Waals surface area contributed by atoms with Gasteiger partial charge in [0.1, 0.15) is 10.7 Å². The molecule has 0 saturated heterocycles. The molecule has 6 rings (SSSR count). The Balaban J connectivity index is 1.47. The number of fused-ring (bicyclic) bond motifs is 1. The number of carbonyl (C=O) groups excluding carboxylic acids is 1. The van der Waals surface area contributed by atoms with Crippen molar-refractivity contribution in [2.75, 3.05) is 11.4 Å². The topological polar surface area (TPSA) is 50.5 Å². The average molecular weight is 393 g/mol. The first kappa shape index (κ1) is 15.5. The van der Waals surface area contributed by atoms with E-state index in [0.717, 1.165) is 63.3 Å². The first-order chi connectivity index (χ1) is 13.2. The Morgan fingerprint density at radius 1 is 1.15 bits per heavy atom. The third kappa shape index (κ3) is 2.18. The fourth-order valence-corrected chi connectivity index (χ4v) is 5.97. The second-order valence-electron chi connectivity index (χ2n) is 7.11. The molecule has 0 bridgehead atoms. The van der Waals surface area contributed by atoms with Gasteiger partial charge in [-0.05, 0) is 43.0 Å². The van der Waals surface area contributed by atoms with Crippen molar-refractivity contribution in [1.82, 2.24) is 14.4 Å². The number of hydrogen-bond donors (Lipinski definition) is 0. The van der Waals surface area contributed by atoms with Crippen molar-refractivity contribution in [1.29, 1.82) is 0 Å². The van der Waals surface area contributed by atoms with Crippen molar-refractivity contribution in [2.45, 2.75) is 26.2 Å². The number of anilines is 1. The average Bonchev–Trinajstić information content (AvgIpc) is 3.40. The monoisotopic (exact) mass is 392 g/mol. The molecule has 27 heavy (non-hydrogen) atoms. The molecule has 0 spiro atoms. The fourth-order valence-electron chi connectivity index (χ4n) is 4.29. The van der Waals surface area contributed by atoms with Crippen LogP contribution in [0.15, 0.2) is 29.1 Å². The second kappa shape index (κ2) is 5.50. The summed E-state index contributed by atoms with van der Waals surface area (Å²) in [6, 6.07) is 4.39. The number of thiazole rings is 2. The maximum atomic E-state index is 12.3. The number of aryl methyl sites for hydroxylation is 2. The molecule has 3 aromatic heterocycles. The molecule has 0 aliphatic carbocycles. The van der Waals surface area contributed by atoms with Crippen LogP contribution in [-0.2, 0) is 17.6 Å². The molecule has 5 nitrogen and oxygen atoms in total. The highest BCUT2D eigenvalue weighted by molar-refractivity contribution is 7.15. The van der Waals surface area contributed by atoms with Crippen molar-refractivity contribution < 1.29 is 4.79 Å². The van der Waals surface area contributed by atoms with E-state index in [-0.39, 0.29) is 5.91 Å². The second-order valence-corrected chi connectivity index (χ2v) is 8.84. The summed E-state index contributed by atoms with van der Waals surface area (Å²) in [6.07, 6.45) is 4.64. The Morgan fingerprint density at radius 2 is 2.04 bits per heavy atom. The van der Waals surface area contributed by atoms with Crippen LogP contribution >= 0.6 is 22.7 Å². The summed E-state index contributed by atoms with van der Waals surface area (Å²) >= 11 is 3.29. The van der Waals surface area contributed by atoms with Crippen molar-refractivity contribution in [3.63, 3.8) is 0 Å². The number of amides is 1. The van der Waals surface area contributed by atoms with Crippen molar-refractivity contribution in [3.05, 3.63) is 45.9 Å². The zero-order valence-electron chi connectivity index (χ0n) is 14.7. The minimum Gasteiger partial charge on any atom is -0.312 e. The summed E-state index contributed by atoms with van der Waals surface area (Å²) in [7, 11) is 0. The van der Waals surface area contributed by atoms with Crippen LogP contribution < -0.4 is 4.90 Å². The predicted molar refractivity (Wildman–Crippen MR) is 109 cm³/mol. The van der Waals surface area contributed by atoms with Gasteiger partial charge >= 0.3 is 0 Å². The van der Waals surface area contributed by atoms with E-state index >= 15 is 0 Å². The largest absolute Gasteiger partial charge is 0.312 e. The Bertz CT molecular complexity index is 1230. The number of imidazole rings is 1. The van der Waals surface area contributed by atoms with Crippen LogP contribution in [0.1, 0.15) is 23.2 Å². The normalized spacial score (nSPS) is 15.7. The van der Waals surface area contributed by atoms with Gasteiger partial charge in [0.2, 0.25) is 5.91 Å². The van der Waals surface area contributed by atoms with E-state index in [1.807, 2.05) is 17.2 Å². The third-order valence-corrected chi connectivity index (χ3v) is 7.05. The first-order valence-electron chi connectivity index (χ1n) is 9.03. The van der Waals surface area contributed by atoms with Gasteiger partial charge < -0.3 is 4.90 Å². The minimum absolute atomic E-state index is 0.233. The molecule has 134 valence electrons. The molecule has 0 atom stereocenters. The van der Waals surface area contributed by atoms with Crippen LogP contribution in [-0.4, -0.2) is 26.8 Å². The minimum atomic E-state index is 0.233. The fraction of sp³-hybridized carbons (Fsp3) is 0.250. The van der Waals surface area contributed by atoms with Gasteiger partial charge in [0.25, 0.3) is 0 Å². The van der Waals surface area contributed by atoms with Gasteiger partial charge in [0.15, 0.2) is 4.96 Å². The smallest absolute Gasteiger partial charge is 0.231 e. The zero-order chi connectivity index (χ0) is 18.1. The van der Waals surface area contributed by atoms with Crippen molar-refractivity contribution in [3.8, 4) is 22.0 Å². The van der Waals surface area contributed by atoms with Crippen LogP contribution in [0, 0.1) is 6.92 Å². The van der Waals surface area contributed by atoms with Crippen LogP contribution in [0.25, 0.3) is 26.9 Å². The van der Waals surface area contributed by atoms with E-state index in [4.69, 9.17) is 4.98 Å². The van der Waals surface area contributed by atoms with E-state index in [9.17, 15) is 4.79 Å². The number of nitrogens with zero attached hydrogens (tertiary/aromatic N) is 4. The number of aromatic nitrogens is 3. The molecule has 1 amide bonds. The molecule has 0 saturated carbocycles. The number of benzene rings is 1. The van der Waals surface area contributed by atoms with Gasteiger partial charge in [-0.25, -0.2) is 9.97 Å². The Labute approximate surface area is 163 Å². The van der Waals surface area contributed by atoms with E-state index in [1.54, 1.807) is 22.7 Å². The molecule has 0 fully saturated rings. The summed E-state index contributed by atoms with van der Waals surface area (Å²) in [5.41, 5.74) is 7.79. The predicted octanol–water partition coefficient (Wildman–Crippen LogP) is 4.33. The Hall–Kier alpha value is -2.51. The molecule has 7 heteroatoms. The van der Waals surface area contributed by atoms with E-state index in [1.165, 1.54) is 5.56 Å². The highest BCUT2D eigenvalue weighted by Crippen LogP contribution is 2.40. The quantitative estimate of drug-likeness (QED) is 0.510. The number of hydrogen-bond acceptors (Lipinski definition) is 5. The molecular weight excluding hydrogens is 376 g/mol. The molecule has 0 N–H and O–H groups in total. The standard InChI is InChI=1S/C20H16N4OS2/c1-11-17(24-5-6-26-20(24)21-11)19-22-15(10-27-19)13-7-12-3-2-4-23-16(25)9-14(8-13)18(12)23/h5-8,10H,2-4,9H2,1H3. The van der Waals surface area contributed by atoms with E-state index in [2.05, 4.69) is 33.1 Å². The lowest BCUT2D eigenvalue weighted by molar-refractivity contribution is -0.117. The summed E-state index contributed by atoms with van der Waals surface area (Å²) in [5, 5.41) is 5.15. The van der Waals surface area contributed by atoms with Crippen molar-refractivity contribution in [2.24, 2.45) is 0 Å². The molecule has 0 unspecified atom stereocenters. The maximum Gasteiger partial charge on any atom is 0.231 e. The lowest BCUT2D eigenvalue weighted by atomic mass is 9.96. The molecule has 1 aromatic carbocycles. The third-order valence-electron chi connectivity index (χ3n) is 5.45. The Kier molecular flexibility index (Phi) is 3.16. The molecule has 0 radical (unpaired) electrons. The van der Waals surface area contributed by atoms with Crippen LogP contribution in [0.5, 0.6) is 0 Å². The summed E-state index contributed by atoms with van der Waals surface area (Å²) in [5.74, 6) is 0.233. The molecule has 5 heterocycles. The van der Waals surface area contributed by atoms with Crippen LogP contribution in [0.2, 0.25) is 0 Å². The zero-order valence-corrected chi connectivity index (χ0v) is 16.4. The lowest BCUT2D eigenvalue weighted by Gasteiger charge is -2.25. The summed E-state index contributed by atoms with van der Waals surface area (Å²) in [4.78, 5) is 24.8. The highest BCUT2D eigenvalue weighted by atomic mass is 32.1. The van der Waals surface area contributed by atoms with Gasteiger partial charge in [0, 0.05) is 29.1 Å². The molecule has 2 aliphatic rings. The van der Waals surface area contributed by atoms with E-state index < -0.39 is 0 Å². The molecule has 4 aromatic rings. The molecule has 2 aliphatic heterocycles. The maximum absolute atomic E-state index is 12.3. The highest BCUT2D eigenvalue weighted by Gasteiger charge is 2.32. The van der Waals surface area contributed by atoms with Crippen LogP contribution in [0.3, 0.4) is 0 Å². The summed E-state index contributed by atoms with van der Waals surface area (Å²) < 4.78 is 2.12. The van der Waals surface area contributed by atoms with Gasteiger partial charge in [-0.2, -0.15) is 0 Å². The SMILES string of the molecule is Cc1nc2sccn2c1-c1nc(-c2cc3c4c(c2)CC(=O)N4CCC3)cs1. The van der Waals surface area contributed by atoms with E-state index in [0.29, 0.717) is 6.42 Å².